The van der Waals surface area contributed by atoms with E-state index in [4.69, 9.17) is 15.0 Å². The second kappa shape index (κ2) is 14.7. The number of nitrogens with zero attached hydrogens (tertiary/aromatic N) is 5. The maximum atomic E-state index is 5.45. The summed E-state index contributed by atoms with van der Waals surface area (Å²) in [4.78, 5) is 16.2. The molecule has 0 fully saturated rings. The fourth-order valence-corrected chi connectivity index (χ4v) is 9.15. The van der Waals surface area contributed by atoms with Crippen LogP contribution in [0.3, 0.4) is 0 Å². The zero-order valence-electron chi connectivity index (χ0n) is 33.6. The Bertz CT molecular complexity index is 3520. The molecule has 0 saturated heterocycles. The quantitative estimate of drug-likeness (QED) is 0.162. The minimum absolute atomic E-state index is 0.548. The summed E-state index contributed by atoms with van der Waals surface area (Å²) >= 11 is 0. The predicted molar refractivity (Wildman–Crippen MR) is 256 cm³/mol. The molecule has 9 aromatic carbocycles. The molecule has 12 rings (SSSR count). The van der Waals surface area contributed by atoms with E-state index in [1.807, 2.05) is 12.1 Å². The Hall–Kier alpha value is -8.41. The number of hydrogen-bond donors (Lipinski definition) is 0. The SMILES string of the molecule is c1ccc(-c2cccc(-c3nc(-c4cccc(-c5ccccc5)c4)nc(-n4c5ccccc5c5ccc6c7ccccc7n(-c7ccccc7-c7ccccc7)c6c54)n3)c2)cc1. The third kappa shape index (κ3) is 5.90. The van der Waals surface area contributed by atoms with Crippen LogP contribution in [0.2, 0.25) is 0 Å². The van der Waals surface area contributed by atoms with Crippen molar-refractivity contribution in [3.05, 3.63) is 224 Å². The number of para-hydroxylation sites is 3. The molecule has 0 aliphatic heterocycles. The Morgan fingerprint density at radius 1 is 0.274 bits per heavy atom. The fraction of sp³-hybridized carbons (Fsp3) is 0. The van der Waals surface area contributed by atoms with Crippen molar-refractivity contribution in [3.8, 4) is 67.8 Å². The summed E-state index contributed by atoms with van der Waals surface area (Å²) in [6.07, 6.45) is 0. The van der Waals surface area contributed by atoms with Gasteiger partial charge in [0.15, 0.2) is 11.6 Å². The standard InChI is InChI=1S/C57H37N5/c1-4-18-38(19-5-1)41-24-16-26-43(36-41)55-58-56(44-27-17-25-42(37-44)39-20-6-2-7-21-39)60-57(59-55)62-52-33-15-12-30-47(52)49-35-34-48-46-29-11-14-32-51(46)61(53(48)54(49)62)50-31-13-10-28-45(50)40-22-8-3-9-23-40/h1-37H. The van der Waals surface area contributed by atoms with Crippen molar-refractivity contribution in [3.63, 3.8) is 0 Å². The minimum Gasteiger partial charge on any atom is -0.307 e. The van der Waals surface area contributed by atoms with E-state index in [9.17, 15) is 0 Å². The van der Waals surface area contributed by atoms with E-state index in [1.165, 1.54) is 5.39 Å². The Labute approximate surface area is 358 Å². The number of rotatable bonds is 7. The highest BCUT2D eigenvalue weighted by Crippen LogP contribution is 2.43. The van der Waals surface area contributed by atoms with Gasteiger partial charge in [-0.1, -0.05) is 194 Å². The Morgan fingerprint density at radius 3 is 1.26 bits per heavy atom. The molecule has 3 aromatic heterocycles. The zero-order valence-corrected chi connectivity index (χ0v) is 33.6. The molecule has 0 aliphatic rings. The van der Waals surface area contributed by atoms with Crippen molar-refractivity contribution >= 4 is 43.6 Å². The molecule has 5 nitrogen and oxygen atoms in total. The van der Waals surface area contributed by atoms with E-state index in [0.717, 1.165) is 88.4 Å². The predicted octanol–water partition coefficient (Wildman–Crippen LogP) is 14.4. The van der Waals surface area contributed by atoms with Crippen molar-refractivity contribution in [2.75, 3.05) is 0 Å². The second-order valence-corrected chi connectivity index (χ2v) is 15.6. The van der Waals surface area contributed by atoms with Crippen LogP contribution in [0.25, 0.3) is 111 Å². The lowest BCUT2D eigenvalue weighted by Crippen LogP contribution is -2.07. The van der Waals surface area contributed by atoms with E-state index in [-0.39, 0.29) is 0 Å². The third-order valence-electron chi connectivity index (χ3n) is 12.0. The fourth-order valence-electron chi connectivity index (χ4n) is 9.15. The average molecular weight is 792 g/mol. The first-order valence-corrected chi connectivity index (χ1v) is 21.0. The van der Waals surface area contributed by atoms with Gasteiger partial charge in [0.2, 0.25) is 5.95 Å². The van der Waals surface area contributed by atoms with E-state index in [1.54, 1.807) is 0 Å². The molecule has 290 valence electrons. The van der Waals surface area contributed by atoms with E-state index >= 15 is 0 Å². The molecule has 0 amide bonds. The molecule has 0 atom stereocenters. The Morgan fingerprint density at radius 2 is 0.694 bits per heavy atom. The summed E-state index contributed by atoms with van der Waals surface area (Å²) < 4.78 is 4.71. The van der Waals surface area contributed by atoms with Crippen LogP contribution in [-0.4, -0.2) is 24.1 Å². The molecule has 0 N–H and O–H groups in total. The molecule has 0 spiro atoms. The summed E-state index contributed by atoms with van der Waals surface area (Å²) in [6.45, 7) is 0. The molecule has 3 heterocycles. The van der Waals surface area contributed by atoms with Gasteiger partial charge in [-0.05, 0) is 58.1 Å². The van der Waals surface area contributed by atoms with Gasteiger partial charge in [0.05, 0.1) is 27.8 Å². The lowest BCUT2D eigenvalue weighted by atomic mass is 10.0. The molecular formula is C57H37N5. The van der Waals surface area contributed by atoms with Gasteiger partial charge in [-0.2, -0.15) is 9.97 Å². The first-order valence-electron chi connectivity index (χ1n) is 21.0. The topological polar surface area (TPSA) is 48.5 Å². The zero-order chi connectivity index (χ0) is 41.0. The molecule has 5 heteroatoms. The maximum absolute atomic E-state index is 5.45. The Kier molecular flexibility index (Phi) is 8.42. The van der Waals surface area contributed by atoms with Gasteiger partial charge in [-0.3, -0.25) is 4.57 Å². The van der Waals surface area contributed by atoms with Crippen LogP contribution in [0, 0.1) is 0 Å². The van der Waals surface area contributed by atoms with E-state index in [2.05, 4.69) is 221 Å². The molecule has 0 unspecified atom stereocenters. The first kappa shape index (κ1) is 35.5. The largest absolute Gasteiger partial charge is 0.307 e. The summed E-state index contributed by atoms with van der Waals surface area (Å²) in [6, 6.07) is 79.2. The molecular weight excluding hydrogens is 755 g/mol. The van der Waals surface area contributed by atoms with Gasteiger partial charge in [0, 0.05) is 38.2 Å². The van der Waals surface area contributed by atoms with E-state index in [0.29, 0.717) is 17.6 Å². The smallest absolute Gasteiger partial charge is 0.238 e. The molecule has 0 aliphatic carbocycles. The van der Waals surface area contributed by atoms with Gasteiger partial charge >= 0.3 is 0 Å². The summed E-state index contributed by atoms with van der Waals surface area (Å²) in [7, 11) is 0. The number of fused-ring (bicyclic) bond motifs is 7. The highest BCUT2D eigenvalue weighted by atomic mass is 15.2. The van der Waals surface area contributed by atoms with Crippen LogP contribution >= 0.6 is 0 Å². The van der Waals surface area contributed by atoms with Crippen LogP contribution < -0.4 is 0 Å². The van der Waals surface area contributed by atoms with Crippen molar-refractivity contribution in [1.82, 2.24) is 24.1 Å². The van der Waals surface area contributed by atoms with Crippen LogP contribution in [0.4, 0.5) is 0 Å². The molecule has 0 radical (unpaired) electrons. The minimum atomic E-state index is 0.548. The van der Waals surface area contributed by atoms with Gasteiger partial charge in [-0.15, -0.1) is 0 Å². The van der Waals surface area contributed by atoms with Crippen molar-refractivity contribution in [2.24, 2.45) is 0 Å². The summed E-state index contributed by atoms with van der Waals surface area (Å²) in [5, 5.41) is 4.57. The monoisotopic (exact) mass is 791 g/mol. The van der Waals surface area contributed by atoms with Gasteiger partial charge in [-0.25, -0.2) is 4.98 Å². The second-order valence-electron chi connectivity index (χ2n) is 15.6. The van der Waals surface area contributed by atoms with Crippen LogP contribution in [0.5, 0.6) is 0 Å². The normalized spacial score (nSPS) is 11.5. The molecule has 12 aromatic rings. The number of aromatic nitrogens is 5. The lowest BCUT2D eigenvalue weighted by molar-refractivity contribution is 0.953. The molecule has 0 bridgehead atoms. The number of benzene rings is 9. The highest BCUT2D eigenvalue weighted by Gasteiger charge is 2.24. The highest BCUT2D eigenvalue weighted by molar-refractivity contribution is 6.24. The van der Waals surface area contributed by atoms with Gasteiger partial charge < -0.3 is 4.57 Å². The van der Waals surface area contributed by atoms with Crippen LogP contribution in [0.15, 0.2) is 224 Å². The third-order valence-corrected chi connectivity index (χ3v) is 12.0. The van der Waals surface area contributed by atoms with Crippen molar-refractivity contribution in [2.45, 2.75) is 0 Å². The van der Waals surface area contributed by atoms with Crippen molar-refractivity contribution < 1.29 is 0 Å². The van der Waals surface area contributed by atoms with Crippen LogP contribution in [-0.2, 0) is 0 Å². The molecule has 0 saturated carbocycles. The lowest BCUT2D eigenvalue weighted by Gasteiger charge is -2.16. The maximum Gasteiger partial charge on any atom is 0.238 e. The summed E-state index contributed by atoms with van der Waals surface area (Å²) in [5.41, 5.74) is 13.9. The molecule has 62 heavy (non-hydrogen) atoms. The first-order chi connectivity index (χ1) is 30.8. The number of hydrogen-bond acceptors (Lipinski definition) is 3. The van der Waals surface area contributed by atoms with Gasteiger partial charge in [0.25, 0.3) is 0 Å². The van der Waals surface area contributed by atoms with Crippen LogP contribution in [0.1, 0.15) is 0 Å². The Balaban J connectivity index is 1.19. The van der Waals surface area contributed by atoms with Gasteiger partial charge in [0.1, 0.15) is 0 Å². The summed E-state index contributed by atoms with van der Waals surface area (Å²) in [5.74, 6) is 1.74. The van der Waals surface area contributed by atoms with E-state index < -0.39 is 0 Å². The average Bonchev–Trinajstić information content (AvgIpc) is 3.88. The van der Waals surface area contributed by atoms with Crippen molar-refractivity contribution in [1.29, 1.82) is 0 Å².